The molecule has 1 aliphatic rings. The van der Waals surface area contributed by atoms with E-state index < -0.39 is 13.3 Å². The summed E-state index contributed by atoms with van der Waals surface area (Å²) in [4.78, 5) is 4.71. The Morgan fingerprint density at radius 2 is 1.44 bits per heavy atom. The zero-order chi connectivity index (χ0) is 37.3. The molecule has 0 unspecified atom stereocenters. The van der Waals surface area contributed by atoms with Crippen LogP contribution < -0.4 is 13.7 Å². The van der Waals surface area contributed by atoms with Crippen LogP contribution in [0.2, 0.25) is 16.8 Å². The normalized spacial score (nSPS) is 14.7. The summed E-state index contributed by atoms with van der Waals surface area (Å²) in [6.45, 7) is 4.85. The predicted octanol–water partition coefficient (Wildman–Crippen LogP) is 11.3. The third-order valence-corrected chi connectivity index (χ3v) is 18.7. The van der Waals surface area contributed by atoms with Gasteiger partial charge in [0, 0.05) is 17.0 Å². The van der Waals surface area contributed by atoms with Crippen LogP contribution in [0.25, 0.3) is 61.2 Å². The molecule has 6 heteroatoms. The minimum absolute atomic E-state index is 0.111. The second kappa shape index (κ2) is 12.8. The van der Waals surface area contributed by atoms with Crippen molar-refractivity contribution in [2.45, 2.75) is 42.4 Å². The van der Waals surface area contributed by atoms with E-state index >= 15 is 0 Å². The van der Waals surface area contributed by atoms with Gasteiger partial charge in [-0.3, -0.25) is 4.57 Å². The Bertz CT molecular complexity index is 2910. The third kappa shape index (κ3) is 5.60. The summed E-state index contributed by atoms with van der Waals surface area (Å²) >= 11 is -2.47. The Morgan fingerprint density at radius 3 is 2.27 bits per heavy atom. The molecule has 5 nitrogen and oxygen atoms in total. The molecule has 0 saturated carbocycles. The molecule has 0 spiro atoms. The van der Waals surface area contributed by atoms with Crippen LogP contribution in [0.3, 0.4) is 0 Å². The van der Waals surface area contributed by atoms with E-state index in [0.29, 0.717) is 0 Å². The van der Waals surface area contributed by atoms with Crippen LogP contribution in [-0.4, -0.2) is 27.4 Å². The molecular formula is C49H42GeN4O. The summed E-state index contributed by atoms with van der Waals surface area (Å²) in [5.74, 6) is 7.60. The molecule has 0 aliphatic carbocycles. The van der Waals surface area contributed by atoms with Crippen molar-refractivity contribution in [3.8, 4) is 39.8 Å². The van der Waals surface area contributed by atoms with Crippen LogP contribution in [0.1, 0.15) is 25.8 Å². The Kier molecular flexibility index (Phi) is 7.86. The van der Waals surface area contributed by atoms with Crippen LogP contribution in [-0.2, 0) is 5.41 Å². The molecule has 0 atom stereocenters. The first kappa shape index (κ1) is 33.6. The molecule has 0 N–H and O–H groups in total. The number of para-hydroxylation sites is 3. The van der Waals surface area contributed by atoms with Gasteiger partial charge in [-0.15, -0.1) is 0 Å². The molecule has 0 saturated heterocycles. The van der Waals surface area contributed by atoms with Crippen molar-refractivity contribution in [1.29, 1.82) is 0 Å². The maximum atomic E-state index is 6.68. The Balaban J connectivity index is 1.11. The van der Waals surface area contributed by atoms with Gasteiger partial charge in [-0.05, 0) is 18.2 Å². The topological polar surface area (TPSA) is 35.9 Å². The quantitative estimate of drug-likeness (QED) is 0.0958. The SMILES string of the molecule is CC1(C)C[CH2][Ge]([CH3])([CH3])[c]2c1ccc(-c1ccccc1)c2-[n+]1[c-]n(-c2cccc(Oc3ccc4c5ccccc5n(-c5ccccn5)c4c3)c2)c2ccccc21. The van der Waals surface area contributed by atoms with Gasteiger partial charge in [-0.2, -0.15) is 0 Å². The van der Waals surface area contributed by atoms with E-state index in [4.69, 9.17) is 9.72 Å². The number of rotatable bonds is 6. The van der Waals surface area contributed by atoms with Gasteiger partial charge in [-0.25, -0.2) is 4.98 Å². The van der Waals surface area contributed by atoms with E-state index in [1.165, 1.54) is 39.4 Å². The van der Waals surface area contributed by atoms with E-state index in [1.54, 1.807) is 4.40 Å². The fraction of sp³-hybridized carbons (Fsp3) is 0.143. The Hall–Kier alpha value is -5.92. The third-order valence-electron chi connectivity index (χ3n) is 11.7. The van der Waals surface area contributed by atoms with Gasteiger partial charge in [-0.1, -0.05) is 24.3 Å². The fourth-order valence-corrected chi connectivity index (χ4v) is 16.2. The summed E-state index contributed by atoms with van der Waals surface area (Å²) < 4.78 is 15.1. The van der Waals surface area contributed by atoms with Crippen molar-refractivity contribution in [3.63, 3.8) is 0 Å². The van der Waals surface area contributed by atoms with E-state index in [-0.39, 0.29) is 5.41 Å². The fourth-order valence-electron chi connectivity index (χ4n) is 8.79. The molecule has 4 heterocycles. The molecule has 9 aromatic rings. The number of hydrogen-bond donors (Lipinski definition) is 0. The number of ether oxygens (including phenoxy) is 1. The molecule has 1 aliphatic heterocycles. The van der Waals surface area contributed by atoms with E-state index in [1.807, 2.05) is 30.5 Å². The van der Waals surface area contributed by atoms with E-state index in [0.717, 1.165) is 50.5 Å². The van der Waals surface area contributed by atoms with E-state index in [9.17, 15) is 0 Å². The second-order valence-electron chi connectivity index (χ2n) is 16.1. The number of imidazole rings is 1. The van der Waals surface area contributed by atoms with Gasteiger partial charge in [0.25, 0.3) is 0 Å². The summed E-state index contributed by atoms with van der Waals surface area (Å²) in [6, 6.07) is 53.6. The average molecular weight is 776 g/mol. The molecule has 0 radical (unpaired) electrons. The van der Waals surface area contributed by atoms with Gasteiger partial charge in [0.05, 0.1) is 5.52 Å². The first-order valence-corrected chi connectivity index (χ1v) is 25.9. The number of hydrogen-bond acceptors (Lipinski definition) is 2. The molecule has 3 aromatic heterocycles. The molecule has 55 heavy (non-hydrogen) atoms. The van der Waals surface area contributed by atoms with E-state index in [2.05, 4.69) is 173 Å². The number of aromatic nitrogens is 4. The summed E-state index contributed by atoms with van der Waals surface area (Å²) in [6.07, 6.45) is 6.98. The monoisotopic (exact) mass is 776 g/mol. The predicted molar refractivity (Wildman–Crippen MR) is 227 cm³/mol. The molecule has 0 amide bonds. The van der Waals surface area contributed by atoms with Crippen molar-refractivity contribution in [1.82, 2.24) is 14.1 Å². The van der Waals surface area contributed by atoms with Crippen molar-refractivity contribution in [2.75, 3.05) is 0 Å². The minimum atomic E-state index is -2.47. The average Bonchev–Trinajstić information content (AvgIpc) is 3.76. The standard InChI is InChI=1S/C49H42GeN4O/c1-49(2)28-29-50(3,4)47-41(49)27-26-38(34-15-6-5-7-16-34)48(47)53-33-52(43-21-10-11-22-44(43)53)35-17-14-18-36(31-35)55-37-24-25-40-39-19-8-9-20-42(39)54(45(40)32-37)46-23-12-13-30-51-46/h5-27,30-32H,28-29H2,1-4H3. The molecule has 268 valence electrons. The first-order chi connectivity index (χ1) is 26.8. The maximum absolute atomic E-state index is 6.68. The summed E-state index contributed by atoms with van der Waals surface area (Å²) in [5, 5.41) is 3.65. The van der Waals surface area contributed by atoms with Crippen LogP contribution in [0, 0.1) is 6.33 Å². The zero-order valence-electron chi connectivity index (χ0n) is 31.6. The number of pyridine rings is 1. The summed E-state index contributed by atoms with van der Waals surface area (Å²) in [7, 11) is 0. The van der Waals surface area contributed by atoms with Crippen LogP contribution in [0.15, 0.2) is 158 Å². The Labute approximate surface area is 324 Å². The van der Waals surface area contributed by atoms with Crippen LogP contribution >= 0.6 is 0 Å². The van der Waals surface area contributed by atoms with Crippen molar-refractivity contribution in [3.05, 3.63) is 170 Å². The first-order valence-electron chi connectivity index (χ1n) is 19.2. The number of nitrogens with zero attached hydrogens (tertiary/aromatic N) is 4. The number of benzene rings is 6. The Morgan fingerprint density at radius 1 is 0.691 bits per heavy atom. The molecule has 0 bridgehead atoms. The summed E-state index contributed by atoms with van der Waals surface area (Å²) in [5.41, 5.74) is 10.8. The van der Waals surface area contributed by atoms with Gasteiger partial charge in [0.1, 0.15) is 5.82 Å². The zero-order valence-corrected chi connectivity index (χ0v) is 33.7. The number of fused-ring (bicyclic) bond motifs is 5. The second-order valence-corrected chi connectivity index (χ2v) is 26.1. The molecule has 10 rings (SSSR count). The van der Waals surface area contributed by atoms with Crippen LogP contribution in [0.5, 0.6) is 11.5 Å². The van der Waals surface area contributed by atoms with Crippen LogP contribution in [0.4, 0.5) is 0 Å². The van der Waals surface area contributed by atoms with Crippen molar-refractivity contribution >= 4 is 50.5 Å². The van der Waals surface area contributed by atoms with Gasteiger partial charge < -0.3 is 0 Å². The molecule has 6 aromatic carbocycles. The van der Waals surface area contributed by atoms with Gasteiger partial charge in [0.2, 0.25) is 0 Å². The molecular weight excluding hydrogens is 733 g/mol. The molecule has 0 fully saturated rings. The van der Waals surface area contributed by atoms with Gasteiger partial charge in [0.15, 0.2) is 0 Å². The van der Waals surface area contributed by atoms with Crippen molar-refractivity contribution < 1.29 is 9.30 Å². The van der Waals surface area contributed by atoms with Crippen molar-refractivity contribution in [2.24, 2.45) is 0 Å². The van der Waals surface area contributed by atoms with Gasteiger partial charge >= 0.3 is 246 Å².